The number of anilines is 1. The highest BCUT2D eigenvalue weighted by molar-refractivity contribution is 7.86. The molecule has 0 aliphatic rings. The predicted molar refractivity (Wildman–Crippen MR) is 123 cm³/mol. The van der Waals surface area contributed by atoms with Crippen molar-refractivity contribution < 1.29 is 23.2 Å². The van der Waals surface area contributed by atoms with Crippen molar-refractivity contribution in [3.63, 3.8) is 0 Å². The number of H-pyrrole nitrogens is 2. The fraction of sp³-hybridized carbons (Fsp3) is 0.0952. The molecule has 2 aromatic carbocycles. The van der Waals surface area contributed by atoms with Gasteiger partial charge in [-0.25, -0.2) is 9.67 Å². The van der Waals surface area contributed by atoms with Gasteiger partial charge in [-0.1, -0.05) is 18.2 Å². The van der Waals surface area contributed by atoms with E-state index in [1.165, 1.54) is 16.9 Å². The van der Waals surface area contributed by atoms with Gasteiger partial charge in [0.15, 0.2) is 5.25 Å². The van der Waals surface area contributed by atoms with E-state index in [9.17, 15) is 17.8 Å². The van der Waals surface area contributed by atoms with Gasteiger partial charge >= 0.3 is 0 Å². The van der Waals surface area contributed by atoms with Crippen molar-refractivity contribution in [2.24, 2.45) is 0 Å². The second kappa shape index (κ2) is 7.85. The van der Waals surface area contributed by atoms with E-state index in [0.29, 0.717) is 11.2 Å². The molecule has 0 aliphatic carbocycles. The predicted octanol–water partition coefficient (Wildman–Crippen LogP) is 2.11. The minimum atomic E-state index is -4.84. The lowest BCUT2D eigenvalue weighted by atomic mass is 10.1. The smallest absolute Gasteiger partial charge is 0.279 e. The number of rotatable bonds is 5. The topological polar surface area (TPSA) is 191 Å². The number of nitrogens with one attached hydrogen (secondary N) is 2. The summed E-state index contributed by atoms with van der Waals surface area (Å²) in [5.74, 6) is -0.177. The van der Waals surface area contributed by atoms with E-state index in [1.54, 1.807) is 42.5 Å². The maximum absolute atomic E-state index is 13.2. The number of para-hydroxylation sites is 1. The summed E-state index contributed by atoms with van der Waals surface area (Å²) in [7, 11) is -4.84. The molecule has 0 amide bonds. The molecule has 5 aromatic rings. The molecule has 0 saturated carbocycles. The Kier molecular flexibility index (Phi) is 5.28. The van der Waals surface area contributed by atoms with Crippen LogP contribution in [0.15, 0.2) is 54.7 Å². The summed E-state index contributed by atoms with van der Waals surface area (Å²) < 4.78 is 35.7. The van der Waals surface area contributed by atoms with Gasteiger partial charge in [0.1, 0.15) is 11.6 Å². The molecular formula is C21H20N6O5S. The van der Waals surface area contributed by atoms with Crippen molar-refractivity contribution in [3.8, 4) is 5.69 Å². The molecular weight excluding hydrogens is 448 g/mol. The highest BCUT2D eigenvalue weighted by Crippen LogP contribution is 2.32. The molecule has 7 N–H and O–H groups in total. The van der Waals surface area contributed by atoms with E-state index in [2.05, 4.69) is 20.1 Å². The zero-order valence-electron chi connectivity index (χ0n) is 17.3. The van der Waals surface area contributed by atoms with E-state index < -0.39 is 21.2 Å². The van der Waals surface area contributed by atoms with Gasteiger partial charge in [0.25, 0.3) is 10.1 Å². The number of Topliss-reactive ketones (excluding diaryl/α,β-unsaturated/α-hetero) is 1. The molecule has 0 aliphatic heterocycles. The van der Waals surface area contributed by atoms with Gasteiger partial charge in [-0.3, -0.25) is 9.35 Å². The molecule has 0 radical (unpaired) electrons. The van der Waals surface area contributed by atoms with Gasteiger partial charge in [0.2, 0.25) is 5.78 Å². The average Bonchev–Trinajstić information content (AvgIpc) is 3.42. The van der Waals surface area contributed by atoms with Crippen LogP contribution in [-0.2, 0) is 10.1 Å². The first-order chi connectivity index (χ1) is 15.2. The standard InChI is InChI=1S/C21H18N6O4S.H2O/c1-11-24-16-7-6-13(9-17(16)25-11)27-21(22)14(10-23-27)20(32(29,30)31)19(28)18-8-12-4-2-3-5-15(12)26-18;/h2-10,20,26H,22H2,1H3,(H,24,25)(H,29,30,31);1H2. The van der Waals surface area contributed by atoms with Crippen LogP contribution in [-0.4, -0.2) is 49.0 Å². The van der Waals surface area contributed by atoms with Crippen molar-refractivity contribution in [3.05, 3.63) is 71.8 Å². The molecule has 3 heterocycles. The Morgan fingerprint density at radius 1 is 1.12 bits per heavy atom. The van der Waals surface area contributed by atoms with E-state index in [4.69, 9.17) is 5.73 Å². The fourth-order valence-electron chi connectivity index (χ4n) is 3.82. The number of nitrogen functional groups attached to an aromatic ring is 1. The minimum absolute atomic E-state index is 0. The van der Waals surface area contributed by atoms with Crippen molar-refractivity contribution >= 4 is 43.7 Å². The van der Waals surface area contributed by atoms with Crippen LogP contribution in [0.25, 0.3) is 27.6 Å². The number of benzene rings is 2. The molecule has 0 bridgehead atoms. The first-order valence-electron chi connectivity index (χ1n) is 9.61. The Balaban J connectivity index is 0.00000259. The fourth-order valence-corrected chi connectivity index (χ4v) is 4.72. The van der Waals surface area contributed by atoms with Crippen molar-refractivity contribution in [2.45, 2.75) is 12.2 Å². The van der Waals surface area contributed by atoms with Crippen molar-refractivity contribution in [1.29, 1.82) is 0 Å². The third kappa shape index (κ3) is 3.75. The number of imidazole rings is 1. The van der Waals surface area contributed by atoms with Crippen LogP contribution in [0.3, 0.4) is 0 Å². The summed E-state index contributed by atoms with van der Waals surface area (Å²) in [5.41, 5.74) is 8.83. The lowest BCUT2D eigenvalue weighted by Crippen LogP contribution is -2.23. The van der Waals surface area contributed by atoms with E-state index >= 15 is 0 Å². The van der Waals surface area contributed by atoms with Gasteiger partial charge in [0.05, 0.1) is 28.6 Å². The monoisotopic (exact) mass is 468 g/mol. The van der Waals surface area contributed by atoms with Crippen LogP contribution in [0.2, 0.25) is 0 Å². The summed E-state index contributed by atoms with van der Waals surface area (Å²) in [4.78, 5) is 23.5. The molecule has 170 valence electrons. The number of aromatic amines is 2. The van der Waals surface area contributed by atoms with E-state index in [1.807, 2.05) is 6.92 Å². The SMILES string of the molecule is Cc1nc2ccc(-n3ncc(C(C(=O)c4cc5ccccc5[nH]4)S(=O)(=O)O)c3N)cc2[nH]1.O. The molecule has 5 rings (SSSR count). The zero-order valence-corrected chi connectivity index (χ0v) is 18.1. The largest absolute Gasteiger partial charge is 0.412 e. The van der Waals surface area contributed by atoms with Crippen LogP contribution in [0.1, 0.15) is 27.1 Å². The van der Waals surface area contributed by atoms with E-state index in [-0.39, 0.29) is 22.6 Å². The highest BCUT2D eigenvalue weighted by atomic mass is 32.2. The van der Waals surface area contributed by atoms with Crippen molar-refractivity contribution in [1.82, 2.24) is 24.7 Å². The number of hydrogen-bond acceptors (Lipinski definition) is 6. The van der Waals surface area contributed by atoms with Gasteiger partial charge in [-0.15, -0.1) is 0 Å². The molecule has 11 nitrogen and oxygen atoms in total. The number of carbonyl (C=O) groups excluding carboxylic acids is 1. The maximum Gasteiger partial charge on any atom is 0.279 e. The molecule has 1 unspecified atom stereocenters. The molecule has 3 aromatic heterocycles. The first kappa shape index (κ1) is 22.2. The number of fused-ring (bicyclic) bond motifs is 2. The average molecular weight is 468 g/mol. The number of carbonyl (C=O) groups is 1. The first-order valence-corrected chi connectivity index (χ1v) is 11.1. The number of ketones is 1. The lowest BCUT2D eigenvalue weighted by Gasteiger charge is -2.12. The summed E-state index contributed by atoms with van der Waals surface area (Å²) in [6, 6.07) is 13.9. The van der Waals surface area contributed by atoms with Crippen LogP contribution in [0.4, 0.5) is 5.82 Å². The molecule has 1 atom stereocenters. The normalized spacial score (nSPS) is 12.7. The van der Waals surface area contributed by atoms with Gasteiger partial charge in [-0.2, -0.15) is 13.5 Å². The molecule has 0 spiro atoms. The second-order valence-corrected chi connectivity index (χ2v) is 8.95. The van der Waals surface area contributed by atoms with Crippen LogP contribution in [0, 0.1) is 6.92 Å². The minimum Gasteiger partial charge on any atom is -0.412 e. The summed E-state index contributed by atoms with van der Waals surface area (Å²) >= 11 is 0. The third-order valence-electron chi connectivity index (χ3n) is 5.28. The van der Waals surface area contributed by atoms with Gasteiger partial charge in [-0.05, 0) is 37.3 Å². The Bertz CT molecular complexity index is 1580. The van der Waals surface area contributed by atoms with Gasteiger partial charge in [0, 0.05) is 16.5 Å². The number of hydrogen-bond donors (Lipinski definition) is 4. The molecule has 12 heteroatoms. The van der Waals surface area contributed by atoms with Crippen LogP contribution >= 0.6 is 0 Å². The number of aryl methyl sites for hydroxylation is 1. The Labute approximate surface area is 187 Å². The lowest BCUT2D eigenvalue weighted by molar-refractivity contribution is 0.0980. The summed E-state index contributed by atoms with van der Waals surface area (Å²) in [6.07, 6.45) is 1.18. The van der Waals surface area contributed by atoms with Gasteiger partial charge < -0.3 is 21.2 Å². The second-order valence-electron chi connectivity index (χ2n) is 7.45. The quantitative estimate of drug-likeness (QED) is 0.224. The number of aromatic nitrogens is 5. The highest BCUT2D eigenvalue weighted by Gasteiger charge is 2.37. The summed E-state index contributed by atoms with van der Waals surface area (Å²) in [6.45, 7) is 1.83. The van der Waals surface area contributed by atoms with E-state index in [0.717, 1.165) is 22.2 Å². The molecule has 0 fully saturated rings. The summed E-state index contributed by atoms with van der Waals surface area (Å²) in [5, 5.41) is 2.98. The molecule has 0 saturated heterocycles. The third-order valence-corrected chi connectivity index (χ3v) is 6.34. The van der Waals surface area contributed by atoms with Crippen molar-refractivity contribution in [2.75, 3.05) is 5.73 Å². The van der Waals surface area contributed by atoms with Crippen LogP contribution < -0.4 is 5.73 Å². The maximum atomic E-state index is 13.2. The Morgan fingerprint density at radius 3 is 2.61 bits per heavy atom. The molecule has 33 heavy (non-hydrogen) atoms. The zero-order chi connectivity index (χ0) is 22.6. The Hall–Kier alpha value is -4.00. The number of nitrogens with two attached hydrogens (primary N) is 1. The Morgan fingerprint density at radius 2 is 1.88 bits per heavy atom. The van der Waals surface area contributed by atoms with Crippen LogP contribution in [0.5, 0.6) is 0 Å². The number of nitrogens with zero attached hydrogens (tertiary/aromatic N) is 3.